The molecule has 0 saturated carbocycles. The molecule has 1 aliphatic rings. The predicted octanol–water partition coefficient (Wildman–Crippen LogP) is 2.82. The van der Waals surface area contributed by atoms with Gasteiger partial charge in [-0.25, -0.2) is 0 Å². The summed E-state index contributed by atoms with van der Waals surface area (Å²) in [6.07, 6.45) is 0. The summed E-state index contributed by atoms with van der Waals surface area (Å²) >= 11 is 1.43. The van der Waals surface area contributed by atoms with E-state index in [9.17, 15) is 9.59 Å². The molecule has 28 heavy (non-hydrogen) atoms. The van der Waals surface area contributed by atoms with E-state index in [0.717, 1.165) is 37.6 Å². The molecular weight excluding hydrogens is 370 g/mol. The van der Waals surface area contributed by atoms with E-state index in [4.69, 9.17) is 0 Å². The Kier molecular flexibility index (Phi) is 7.12. The minimum absolute atomic E-state index is 0.0433. The lowest BCUT2D eigenvalue weighted by atomic mass is 10.1. The molecule has 0 unspecified atom stereocenters. The number of thioether (sulfide) groups is 1. The molecule has 0 aromatic heterocycles. The van der Waals surface area contributed by atoms with Crippen LogP contribution in [0.4, 0.5) is 0 Å². The number of hydrogen-bond donors (Lipinski definition) is 0. The van der Waals surface area contributed by atoms with Gasteiger partial charge in [-0.15, -0.1) is 11.8 Å². The molecule has 0 aliphatic carbocycles. The van der Waals surface area contributed by atoms with E-state index >= 15 is 0 Å². The number of carbonyl (C=O) groups is 2. The molecule has 148 valence electrons. The summed E-state index contributed by atoms with van der Waals surface area (Å²) in [4.78, 5) is 31.7. The first-order valence-corrected chi connectivity index (χ1v) is 10.5. The Morgan fingerprint density at radius 2 is 1.57 bits per heavy atom. The molecule has 0 radical (unpaired) electrons. The third kappa shape index (κ3) is 5.36. The molecule has 3 rings (SSSR count). The van der Waals surface area contributed by atoms with Crippen molar-refractivity contribution in [3.63, 3.8) is 0 Å². The standard InChI is InChI=1S/C22H27N3O2S/c1-23(2)21(26)17-28-20-11-7-6-10-19(20)22(27)25-14-12-24(13-15-25)16-18-8-4-3-5-9-18/h3-11H,12-17H2,1-2H3. The van der Waals surface area contributed by atoms with E-state index in [-0.39, 0.29) is 11.8 Å². The zero-order valence-electron chi connectivity index (χ0n) is 16.5. The molecule has 5 nitrogen and oxygen atoms in total. The lowest BCUT2D eigenvalue weighted by Crippen LogP contribution is -2.48. The fraction of sp³-hybridized carbons (Fsp3) is 0.364. The first-order valence-electron chi connectivity index (χ1n) is 9.52. The van der Waals surface area contributed by atoms with Gasteiger partial charge in [-0.05, 0) is 17.7 Å². The summed E-state index contributed by atoms with van der Waals surface area (Å²) in [6, 6.07) is 18.0. The number of nitrogens with zero attached hydrogens (tertiary/aromatic N) is 3. The van der Waals surface area contributed by atoms with Crippen LogP contribution in [0.1, 0.15) is 15.9 Å². The van der Waals surface area contributed by atoms with Crippen molar-refractivity contribution in [2.45, 2.75) is 11.4 Å². The lowest BCUT2D eigenvalue weighted by Gasteiger charge is -2.35. The van der Waals surface area contributed by atoms with Crippen LogP contribution in [0.25, 0.3) is 0 Å². The first kappa shape index (κ1) is 20.4. The maximum atomic E-state index is 13.1. The Labute approximate surface area is 171 Å². The van der Waals surface area contributed by atoms with E-state index in [1.54, 1.807) is 19.0 Å². The largest absolute Gasteiger partial charge is 0.348 e. The van der Waals surface area contributed by atoms with Crippen LogP contribution in [0.3, 0.4) is 0 Å². The molecule has 2 amide bonds. The van der Waals surface area contributed by atoms with E-state index in [2.05, 4.69) is 29.2 Å². The maximum Gasteiger partial charge on any atom is 0.255 e. The molecule has 1 fully saturated rings. The van der Waals surface area contributed by atoms with Gasteiger partial charge in [-0.3, -0.25) is 14.5 Å². The van der Waals surface area contributed by atoms with Gasteiger partial charge in [0.15, 0.2) is 0 Å². The number of rotatable bonds is 6. The summed E-state index contributed by atoms with van der Waals surface area (Å²) in [5, 5.41) is 0. The van der Waals surface area contributed by atoms with Crippen LogP contribution < -0.4 is 0 Å². The number of piperazine rings is 1. The van der Waals surface area contributed by atoms with Crippen LogP contribution >= 0.6 is 11.8 Å². The molecule has 0 bridgehead atoms. The van der Waals surface area contributed by atoms with Crippen LogP contribution in [0.5, 0.6) is 0 Å². The Morgan fingerprint density at radius 3 is 2.25 bits per heavy atom. The quantitative estimate of drug-likeness (QED) is 0.703. The lowest BCUT2D eigenvalue weighted by molar-refractivity contribution is -0.125. The van der Waals surface area contributed by atoms with Crippen molar-refractivity contribution in [3.8, 4) is 0 Å². The van der Waals surface area contributed by atoms with Crippen LogP contribution in [0, 0.1) is 0 Å². The van der Waals surface area contributed by atoms with Gasteiger partial charge in [0, 0.05) is 51.7 Å². The molecule has 1 saturated heterocycles. The van der Waals surface area contributed by atoms with E-state index in [0.29, 0.717) is 11.3 Å². The van der Waals surface area contributed by atoms with Gasteiger partial charge < -0.3 is 9.80 Å². The molecule has 2 aromatic carbocycles. The van der Waals surface area contributed by atoms with Gasteiger partial charge in [0.1, 0.15) is 0 Å². The fourth-order valence-electron chi connectivity index (χ4n) is 3.16. The van der Waals surface area contributed by atoms with Gasteiger partial charge in [0.05, 0.1) is 11.3 Å². The minimum Gasteiger partial charge on any atom is -0.348 e. The van der Waals surface area contributed by atoms with E-state index in [1.807, 2.05) is 35.2 Å². The highest BCUT2D eigenvalue weighted by molar-refractivity contribution is 8.00. The van der Waals surface area contributed by atoms with Crippen molar-refractivity contribution in [3.05, 3.63) is 65.7 Å². The van der Waals surface area contributed by atoms with Crippen molar-refractivity contribution >= 4 is 23.6 Å². The third-order valence-electron chi connectivity index (χ3n) is 4.88. The van der Waals surface area contributed by atoms with Crippen molar-refractivity contribution in [1.29, 1.82) is 0 Å². The topological polar surface area (TPSA) is 43.9 Å². The molecule has 2 aromatic rings. The summed E-state index contributed by atoms with van der Waals surface area (Å²) < 4.78 is 0. The third-order valence-corrected chi connectivity index (χ3v) is 5.93. The molecule has 0 N–H and O–H groups in total. The molecule has 0 spiro atoms. The smallest absolute Gasteiger partial charge is 0.255 e. The highest BCUT2D eigenvalue weighted by Crippen LogP contribution is 2.24. The summed E-state index contributed by atoms with van der Waals surface area (Å²) in [5.41, 5.74) is 1.99. The molecule has 1 heterocycles. The Bertz CT molecular complexity index is 802. The molecule has 6 heteroatoms. The second-order valence-electron chi connectivity index (χ2n) is 7.13. The van der Waals surface area contributed by atoms with Crippen LogP contribution in [0.2, 0.25) is 0 Å². The second kappa shape index (κ2) is 9.75. The second-order valence-corrected chi connectivity index (χ2v) is 8.14. The zero-order chi connectivity index (χ0) is 19.9. The Hall–Kier alpha value is -2.31. The Balaban J connectivity index is 1.58. The average molecular weight is 398 g/mol. The fourth-order valence-corrected chi connectivity index (χ4v) is 4.18. The van der Waals surface area contributed by atoms with Gasteiger partial charge in [0.25, 0.3) is 5.91 Å². The zero-order valence-corrected chi connectivity index (χ0v) is 17.3. The van der Waals surface area contributed by atoms with Crippen molar-refractivity contribution in [2.75, 3.05) is 46.0 Å². The van der Waals surface area contributed by atoms with Gasteiger partial charge in [-0.2, -0.15) is 0 Å². The highest BCUT2D eigenvalue weighted by Gasteiger charge is 2.24. The highest BCUT2D eigenvalue weighted by atomic mass is 32.2. The SMILES string of the molecule is CN(C)C(=O)CSc1ccccc1C(=O)N1CCN(Cc2ccccc2)CC1. The summed E-state index contributed by atoms with van der Waals surface area (Å²) in [7, 11) is 3.49. The maximum absolute atomic E-state index is 13.1. The van der Waals surface area contributed by atoms with Crippen LogP contribution in [0.15, 0.2) is 59.5 Å². The monoisotopic (exact) mass is 397 g/mol. The number of amides is 2. The number of benzene rings is 2. The van der Waals surface area contributed by atoms with Crippen LogP contribution in [-0.4, -0.2) is 72.5 Å². The first-order chi connectivity index (χ1) is 13.5. The number of carbonyl (C=O) groups excluding carboxylic acids is 2. The number of hydrogen-bond acceptors (Lipinski definition) is 4. The predicted molar refractivity (Wildman–Crippen MR) is 113 cm³/mol. The summed E-state index contributed by atoms with van der Waals surface area (Å²) in [5.74, 6) is 0.434. The minimum atomic E-state index is 0.0433. The van der Waals surface area contributed by atoms with Crippen LogP contribution in [-0.2, 0) is 11.3 Å². The van der Waals surface area contributed by atoms with E-state index in [1.165, 1.54) is 17.3 Å². The molecular formula is C22H27N3O2S. The average Bonchev–Trinajstić information content (AvgIpc) is 2.73. The van der Waals surface area contributed by atoms with Crippen molar-refractivity contribution in [2.24, 2.45) is 0 Å². The normalized spacial score (nSPS) is 14.7. The molecule has 1 aliphatic heterocycles. The van der Waals surface area contributed by atoms with Gasteiger partial charge in [-0.1, -0.05) is 42.5 Å². The van der Waals surface area contributed by atoms with Crippen molar-refractivity contribution < 1.29 is 9.59 Å². The van der Waals surface area contributed by atoms with Crippen molar-refractivity contribution in [1.82, 2.24) is 14.7 Å². The van der Waals surface area contributed by atoms with E-state index < -0.39 is 0 Å². The molecule has 0 atom stereocenters. The summed E-state index contributed by atoms with van der Waals surface area (Å²) in [6.45, 7) is 4.11. The Morgan fingerprint density at radius 1 is 0.929 bits per heavy atom. The van der Waals surface area contributed by atoms with Gasteiger partial charge >= 0.3 is 0 Å². The van der Waals surface area contributed by atoms with Gasteiger partial charge in [0.2, 0.25) is 5.91 Å².